The van der Waals surface area contributed by atoms with Gasteiger partial charge in [0.05, 0.1) is 6.21 Å². The van der Waals surface area contributed by atoms with Gasteiger partial charge in [0.25, 0.3) is 5.56 Å². The third-order valence-corrected chi connectivity index (χ3v) is 3.52. The molecule has 1 aromatic heterocycles. The number of benzene rings is 1. The Morgan fingerprint density at radius 1 is 1.12 bits per heavy atom. The molecule has 3 N–H and O–H groups in total. The number of aromatic amines is 2. The molecule has 0 saturated carbocycles. The molecule has 0 bridgehead atoms. The Bertz CT molecular complexity index is 779. The molecule has 0 unspecified atom stereocenters. The van der Waals surface area contributed by atoms with Crippen LogP contribution >= 0.6 is 23.2 Å². The predicted molar refractivity (Wildman–Crippen MR) is 99.0 cm³/mol. The van der Waals surface area contributed by atoms with Crippen LogP contribution in [0.4, 0.5) is 11.4 Å². The Morgan fingerprint density at radius 3 is 2.38 bits per heavy atom. The second kappa shape index (κ2) is 9.14. The molecule has 0 saturated heterocycles. The van der Waals surface area contributed by atoms with Gasteiger partial charge in [0.1, 0.15) is 5.69 Å². The molecule has 0 atom stereocenters. The van der Waals surface area contributed by atoms with Gasteiger partial charge in [-0.3, -0.25) is 15.2 Å². The highest BCUT2D eigenvalue weighted by molar-refractivity contribution is 6.18. The lowest BCUT2D eigenvalue weighted by Gasteiger charge is -2.22. The largest absolute Gasteiger partial charge is 0.369 e. The molecule has 0 fully saturated rings. The third kappa shape index (κ3) is 5.14. The van der Waals surface area contributed by atoms with Crippen molar-refractivity contribution in [3.63, 3.8) is 0 Å². The van der Waals surface area contributed by atoms with E-state index in [9.17, 15) is 9.59 Å². The van der Waals surface area contributed by atoms with Gasteiger partial charge in [-0.05, 0) is 17.7 Å². The number of nitrogens with one attached hydrogen (secondary N) is 3. The van der Waals surface area contributed by atoms with E-state index in [0.717, 1.165) is 24.3 Å². The summed E-state index contributed by atoms with van der Waals surface area (Å²) in [6.07, 6.45) is 2.83. The van der Waals surface area contributed by atoms with Crippen LogP contribution in [0.3, 0.4) is 0 Å². The van der Waals surface area contributed by atoms with E-state index in [2.05, 4.69) is 25.4 Å². The minimum Gasteiger partial charge on any atom is -0.369 e. The van der Waals surface area contributed by atoms with Crippen LogP contribution in [0.15, 0.2) is 45.2 Å². The minimum absolute atomic E-state index is 0.151. The van der Waals surface area contributed by atoms with Crippen molar-refractivity contribution in [2.45, 2.75) is 0 Å². The van der Waals surface area contributed by atoms with Gasteiger partial charge in [-0.1, -0.05) is 12.1 Å². The Balaban J connectivity index is 2.02. The van der Waals surface area contributed by atoms with Crippen LogP contribution in [0.5, 0.6) is 0 Å². The highest BCUT2D eigenvalue weighted by Crippen LogP contribution is 2.15. The van der Waals surface area contributed by atoms with Crippen LogP contribution in [0.1, 0.15) is 5.56 Å². The number of aromatic nitrogens is 2. The molecule has 1 heterocycles. The molecule has 128 valence electrons. The molecule has 2 aromatic rings. The fourth-order valence-electron chi connectivity index (χ4n) is 2.01. The van der Waals surface area contributed by atoms with Gasteiger partial charge in [0.15, 0.2) is 0 Å². The van der Waals surface area contributed by atoms with E-state index in [0.29, 0.717) is 11.8 Å². The smallest absolute Gasteiger partial charge is 0.325 e. The van der Waals surface area contributed by atoms with E-state index < -0.39 is 11.2 Å². The number of anilines is 2. The maximum atomic E-state index is 11.5. The van der Waals surface area contributed by atoms with Crippen molar-refractivity contribution in [3.8, 4) is 0 Å². The molecule has 24 heavy (non-hydrogen) atoms. The van der Waals surface area contributed by atoms with Crippen LogP contribution in [0.2, 0.25) is 0 Å². The number of rotatable bonds is 8. The Labute approximate surface area is 148 Å². The third-order valence-electron chi connectivity index (χ3n) is 3.19. The normalized spacial score (nSPS) is 10.9. The zero-order valence-corrected chi connectivity index (χ0v) is 14.3. The summed E-state index contributed by atoms with van der Waals surface area (Å²) in [5, 5.41) is 3.98. The fraction of sp³-hybridized carbons (Fsp3) is 0.267. The van der Waals surface area contributed by atoms with Gasteiger partial charge in [0.2, 0.25) is 0 Å². The second-order valence-corrected chi connectivity index (χ2v) is 5.57. The quantitative estimate of drug-likeness (QED) is 0.375. The molecule has 1 aromatic carbocycles. The number of halogens is 2. The number of alkyl halides is 2. The van der Waals surface area contributed by atoms with E-state index in [4.69, 9.17) is 23.2 Å². The topological polar surface area (TPSA) is 93.3 Å². The van der Waals surface area contributed by atoms with Crippen molar-refractivity contribution in [2.75, 3.05) is 35.2 Å². The average molecular weight is 370 g/mol. The summed E-state index contributed by atoms with van der Waals surface area (Å²) in [7, 11) is 0. The average Bonchev–Trinajstić information content (AvgIpc) is 2.57. The molecule has 7 nitrogen and oxygen atoms in total. The number of hydrazone groups is 1. The summed E-state index contributed by atoms with van der Waals surface area (Å²) in [5.74, 6) is 1.05. The lowest BCUT2D eigenvalue weighted by molar-refractivity contribution is 0.874. The van der Waals surface area contributed by atoms with Gasteiger partial charge in [0, 0.05) is 36.7 Å². The first-order chi connectivity index (χ1) is 11.6. The molecule has 0 spiro atoms. The Morgan fingerprint density at radius 2 is 1.79 bits per heavy atom. The first-order valence-corrected chi connectivity index (χ1v) is 8.29. The van der Waals surface area contributed by atoms with Crippen LogP contribution in [-0.2, 0) is 0 Å². The van der Waals surface area contributed by atoms with E-state index in [1.54, 1.807) is 6.21 Å². The maximum absolute atomic E-state index is 11.5. The summed E-state index contributed by atoms with van der Waals surface area (Å²) >= 11 is 11.6. The zero-order valence-electron chi connectivity index (χ0n) is 12.8. The van der Waals surface area contributed by atoms with Crippen molar-refractivity contribution in [2.24, 2.45) is 5.10 Å². The summed E-state index contributed by atoms with van der Waals surface area (Å²) in [6.45, 7) is 1.44. The molecular weight excluding hydrogens is 353 g/mol. The van der Waals surface area contributed by atoms with Crippen LogP contribution < -0.4 is 21.6 Å². The fourth-order valence-corrected chi connectivity index (χ4v) is 2.42. The highest BCUT2D eigenvalue weighted by atomic mass is 35.5. The Hall–Kier alpha value is -2.25. The number of hydrogen-bond acceptors (Lipinski definition) is 5. The number of hydrogen-bond donors (Lipinski definition) is 3. The summed E-state index contributed by atoms with van der Waals surface area (Å²) in [4.78, 5) is 29.0. The van der Waals surface area contributed by atoms with Crippen molar-refractivity contribution in [1.82, 2.24) is 9.97 Å². The van der Waals surface area contributed by atoms with Crippen molar-refractivity contribution in [1.29, 1.82) is 0 Å². The lowest BCUT2D eigenvalue weighted by atomic mass is 10.2. The van der Waals surface area contributed by atoms with Crippen LogP contribution in [0, 0.1) is 0 Å². The van der Waals surface area contributed by atoms with Crippen molar-refractivity contribution < 1.29 is 0 Å². The predicted octanol–water partition coefficient (Wildman–Crippen LogP) is 1.79. The summed E-state index contributed by atoms with van der Waals surface area (Å²) in [6, 6.07) is 7.70. The van der Waals surface area contributed by atoms with E-state index >= 15 is 0 Å². The van der Waals surface area contributed by atoms with Gasteiger partial charge >= 0.3 is 5.69 Å². The molecule has 0 aliphatic carbocycles. The van der Waals surface area contributed by atoms with Crippen molar-refractivity contribution >= 4 is 40.8 Å². The first-order valence-electron chi connectivity index (χ1n) is 7.22. The van der Waals surface area contributed by atoms with Crippen LogP contribution in [0.25, 0.3) is 0 Å². The second-order valence-electron chi connectivity index (χ2n) is 4.81. The minimum atomic E-state index is -0.566. The molecule has 0 aliphatic rings. The van der Waals surface area contributed by atoms with Gasteiger partial charge < -0.3 is 9.88 Å². The van der Waals surface area contributed by atoms with E-state index in [1.165, 1.54) is 6.20 Å². The SMILES string of the molecule is O=c1[nH]cc(NN=Cc2ccc(N(CCCl)CCCl)cc2)c(=O)[nH]1. The zero-order chi connectivity index (χ0) is 17.4. The number of H-pyrrole nitrogens is 2. The summed E-state index contributed by atoms with van der Waals surface area (Å²) in [5.41, 5.74) is 3.50. The number of nitrogens with zero attached hydrogens (tertiary/aromatic N) is 2. The standard InChI is InChI=1S/C15H17Cl2N5O2/c16-5-7-22(8-6-17)12-3-1-11(2-4-12)9-19-21-13-10-18-15(24)20-14(13)23/h1-4,9-10,21H,5-8H2,(H2,18,20,23,24). The van der Waals surface area contributed by atoms with Crippen LogP contribution in [-0.4, -0.2) is 41.0 Å². The highest BCUT2D eigenvalue weighted by Gasteiger charge is 2.04. The first kappa shape index (κ1) is 18.1. The van der Waals surface area contributed by atoms with E-state index in [-0.39, 0.29) is 5.69 Å². The monoisotopic (exact) mass is 369 g/mol. The maximum Gasteiger partial charge on any atom is 0.325 e. The molecule has 0 amide bonds. The molecule has 9 heteroatoms. The lowest BCUT2D eigenvalue weighted by Crippen LogP contribution is -2.27. The Kier molecular flexibility index (Phi) is 6.89. The molecular formula is C15H17Cl2N5O2. The molecule has 0 aliphatic heterocycles. The molecule has 0 radical (unpaired) electrons. The van der Waals surface area contributed by atoms with Gasteiger partial charge in [-0.2, -0.15) is 5.10 Å². The van der Waals surface area contributed by atoms with Gasteiger partial charge in [-0.15, -0.1) is 23.2 Å². The van der Waals surface area contributed by atoms with Gasteiger partial charge in [-0.25, -0.2) is 4.79 Å². The van der Waals surface area contributed by atoms with Crippen molar-refractivity contribution in [3.05, 3.63) is 56.9 Å². The van der Waals surface area contributed by atoms with E-state index in [1.807, 2.05) is 24.3 Å². The molecule has 2 rings (SSSR count). The summed E-state index contributed by atoms with van der Waals surface area (Å²) < 4.78 is 0.